The maximum Gasteiger partial charge on any atom is 0.166 e. The molecule has 0 aliphatic heterocycles. The van der Waals surface area contributed by atoms with Crippen molar-refractivity contribution in [2.75, 3.05) is 0 Å². The van der Waals surface area contributed by atoms with Gasteiger partial charge in [-0.3, -0.25) is 0 Å². The smallest absolute Gasteiger partial charge is 0.166 e. The first-order valence-corrected chi connectivity index (χ1v) is 33.6. The van der Waals surface area contributed by atoms with Crippen LogP contribution in [0.2, 0.25) is 0 Å². The van der Waals surface area contributed by atoms with Crippen molar-refractivity contribution in [1.82, 2.24) is 39.0 Å². The van der Waals surface area contributed by atoms with E-state index >= 15 is 0 Å². The van der Waals surface area contributed by atoms with Crippen LogP contribution in [0.5, 0.6) is 0 Å². The lowest BCUT2D eigenvalue weighted by molar-refractivity contribution is 0.669. The first-order chi connectivity index (χ1) is 49.6. The first-order valence-electron chi connectivity index (χ1n) is 33.6. The van der Waals surface area contributed by atoms with Gasteiger partial charge in [0.15, 0.2) is 34.9 Å². The Kier molecular flexibility index (Phi) is 12.2. The molecule has 0 amide bonds. The summed E-state index contributed by atoms with van der Waals surface area (Å²) in [4.78, 5) is 30.2. The molecule has 16 aromatic carbocycles. The Bertz CT molecular complexity index is 6900. The van der Waals surface area contributed by atoms with E-state index in [4.69, 9.17) is 38.7 Å². The lowest BCUT2D eigenvalue weighted by Gasteiger charge is -2.14. The molecule has 0 atom stereocenters. The molecule has 0 saturated carbocycles. The number of rotatable bonds is 8. The van der Waals surface area contributed by atoms with Crippen LogP contribution in [-0.4, -0.2) is 39.0 Å². The molecule has 0 N–H and O–H groups in total. The lowest BCUT2D eigenvalue weighted by Crippen LogP contribution is -2.03. The molecule has 0 fully saturated rings. The summed E-state index contributed by atoms with van der Waals surface area (Å²) in [6.07, 6.45) is 0. The standard InChI is InChI=1S/2C45H26N4O/c1-3-12-27(13-4-1)43-46-44(28-14-5-2-6-15-28)48-45(47-43)29-16-9-17-30(26-29)49-35-22-10-20-33-31-18-7-8-19-32(31)34-21-11-23-37-40(34)42-38(50-37)25-24-36(49)41(42)39(33)35;1-3-13-27(14-4-1)43-46-44(28-15-5-2-6-16-28)48-45(47-43)33-19-9-10-22-34(33)49-35-23-11-20-31-29-17-7-8-18-30(29)32-21-12-24-37-40(32)42-38(50-37)26-25-36(49)41(42)39(31)35/h2*1-26H. The van der Waals surface area contributed by atoms with Crippen LogP contribution in [0.1, 0.15) is 0 Å². The number of furan rings is 2. The minimum atomic E-state index is 0.617. The van der Waals surface area contributed by atoms with Crippen LogP contribution < -0.4 is 0 Å². The second-order valence-electron chi connectivity index (χ2n) is 25.5. The Hall–Kier alpha value is -13.7. The molecule has 0 unspecified atom stereocenters. The number of fused-ring (bicyclic) bond motifs is 6. The van der Waals surface area contributed by atoms with Gasteiger partial charge in [0.1, 0.15) is 22.3 Å². The predicted molar refractivity (Wildman–Crippen MR) is 408 cm³/mol. The van der Waals surface area contributed by atoms with Gasteiger partial charge in [-0.2, -0.15) is 0 Å². The summed E-state index contributed by atoms with van der Waals surface area (Å²) in [7, 11) is 0. The van der Waals surface area contributed by atoms with Crippen molar-refractivity contribution in [3.63, 3.8) is 0 Å². The van der Waals surface area contributed by atoms with E-state index in [9.17, 15) is 0 Å². The first kappa shape index (κ1) is 55.6. The average molecular weight is 1280 g/mol. The predicted octanol–water partition coefficient (Wildman–Crippen LogP) is 23.2. The van der Waals surface area contributed by atoms with Crippen molar-refractivity contribution in [3.8, 4) is 79.7 Å². The average Bonchev–Trinajstić information content (AvgIpc) is 1.54. The molecule has 0 radical (unpaired) electrons. The van der Waals surface area contributed by atoms with Crippen molar-refractivity contribution in [1.29, 1.82) is 0 Å². The van der Waals surface area contributed by atoms with Crippen LogP contribution >= 0.6 is 0 Å². The highest BCUT2D eigenvalue weighted by Gasteiger charge is 2.27. The molecule has 100 heavy (non-hydrogen) atoms. The van der Waals surface area contributed by atoms with E-state index in [1.165, 1.54) is 64.6 Å². The summed E-state index contributed by atoms with van der Waals surface area (Å²) in [5.74, 6) is 3.80. The molecule has 22 aromatic rings. The molecular weight excluding hydrogens is 1230 g/mol. The summed E-state index contributed by atoms with van der Waals surface area (Å²) in [6, 6.07) is 110. The van der Waals surface area contributed by atoms with Crippen molar-refractivity contribution < 1.29 is 8.83 Å². The monoisotopic (exact) mass is 1280 g/mol. The number of para-hydroxylation sites is 1. The summed E-state index contributed by atoms with van der Waals surface area (Å²) in [5, 5.41) is 19.1. The highest BCUT2D eigenvalue weighted by atomic mass is 16.3. The van der Waals surface area contributed by atoms with E-state index in [-0.39, 0.29) is 0 Å². The number of aromatic nitrogens is 8. The molecule has 22 rings (SSSR count). The second-order valence-corrected chi connectivity index (χ2v) is 25.5. The summed E-state index contributed by atoms with van der Waals surface area (Å²) in [6.45, 7) is 0. The van der Waals surface area contributed by atoms with Crippen LogP contribution in [0.3, 0.4) is 0 Å². The van der Waals surface area contributed by atoms with Crippen LogP contribution in [0.4, 0.5) is 0 Å². The SMILES string of the molecule is c1ccc(-c2nc(-c3ccccc3)nc(-c3cccc(-n4c5cccc6c7ccccc7c7cccc8oc9ccc4c(c9c87)c65)c3)n2)cc1.c1ccc(-c2nc(-c3ccccc3)nc(-c3ccccc3-n3c4cccc5c6ccccc6c6cccc7oc8ccc3c(c8c76)c54)n2)cc1. The Morgan fingerprint density at radius 1 is 0.200 bits per heavy atom. The Balaban J connectivity index is 0.000000131. The van der Waals surface area contributed by atoms with Gasteiger partial charge < -0.3 is 18.0 Å². The Morgan fingerprint density at radius 2 is 0.520 bits per heavy atom. The van der Waals surface area contributed by atoms with E-state index in [0.717, 1.165) is 111 Å². The Labute approximate surface area is 570 Å². The van der Waals surface area contributed by atoms with Gasteiger partial charge in [0, 0.05) is 82.2 Å². The van der Waals surface area contributed by atoms with Gasteiger partial charge in [-0.15, -0.1) is 0 Å². The van der Waals surface area contributed by atoms with E-state index in [1.54, 1.807) is 0 Å². The zero-order valence-corrected chi connectivity index (χ0v) is 53.4. The third-order valence-corrected chi connectivity index (χ3v) is 20.0. The summed E-state index contributed by atoms with van der Waals surface area (Å²) in [5.41, 5.74) is 15.7. The molecule has 0 saturated heterocycles. The molecule has 464 valence electrons. The quantitative estimate of drug-likeness (QED) is 0.148. The van der Waals surface area contributed by atoms with Gasteiger partial charge in [0.2, 0.25) is 0 Å². The maximum atomic E-state index is 6.57. The van der Waals surface area contributed by atoms with Crippen molar-refractivity contribution in [2.24, 2.45) is 0 Å². The van der Waals surface area contributed by atoms with Crippen LogP contribution in [-0.2, 0) is 0 Å². The van der Waals surface area contributed by atoms with E-state index in [0.29, 0.717) is 34.9 Å². The van der Waals surface area contributed by atoms with Crippen molar-refractivity contribution >= 4 is 131 Å². The largest absolute Gasteiger partial charge is 0.456 e. The van der Waals surface area contributed by atoms with Crippen LogP contribution in [0.15, 0.2) is 324 Å². The molecule has 0 aliphatic carbocycles. The van der Waals surface area contributed by atoms with Gasteiger partial charge >= 0.3 is 0 Å². The third kappa shape index (κ3) is 8.44. The summed E-state index contributed by atoms with van der Waals surface area (Å²) < 4.78 is 17.9. The molecule has 6 aromatic heterocycles. The van der Waals surface area contributed by atoms with Crippen LogP contribution in [0, 0.1) is 0 Å². The molecule has 0 spiro atoms. The topological polar surface area (TPSA) is 113 Å². The highest BCUT2D eigenvalue weighted by Crippen LogP contribution is 2.50. The Morgan fingerprint density at radius 3 is 0.980 bits per heavy atom. The van der Waals surface area contributed by atoms with Gasteiger partial charge in [-0.1, -0.05) is 243 Å². The van der Waals surface area contributed by atoms with E-state index in [2.05, 4.69) is 203 Å². The summed E-state index contributed by atoms with van der Waals surface area (Å²) >= 11 is 0. The second kappa shape index (κ2) is 21.9. The molecule has 0 aliphatic rings. The van der Waals surface area contributed by atoms with Crippen molar-refractivity contribution in [3.05, 3.63) is 315 Å². The van der Waals surface area contributed by atoms with Gasteiger partial charge in [-0.05, 0) is 116 Å². The normalized spacial score (nSPS) is 12.0. The highest BCUT2D eigenvalue weighted by molar-refractivity contribution is 6.40. The zero-order valence-electron chi connectivity index (χ0n) is 53.4. The number of hydrogen-bond donors (Lipinski definition) is 0. The zero-order chi connectivity index (χ0) is 65.5. The maximum absolute atomic E-state index is 6.57. The molecule has 10 nitrogen and oxygen atoms in total. The van der Waals surface area contributed by atoms with Gasteiger partial charge in [0.05, 0.1) is 27.8 Å². The molecule has 6 heterocycles. The van der Waals surface area contributed by atoms with Crippen LogP contribution in [0.25, 0.3) is 210 Å². The van der Waals surface area contributed by atoms with Gasteiger partial charge in [-0.25, -0.2) is 29.9 Å². The van der Waals surface area contributed by atoms with Crippen molar-refractivity contribution in [2.45, 2.75) is 0 Å². The minimum absolute atomic E-state index is 0.617. The molecule has 10 heteroatoms. The fourth-order valence-corrected chi connectivity index (χ4v) is 15.8. The van der Waals surface area contributed by atoms with Gasteiger partial charge in [0.25, 0.3) is 0 Å². The fourth-order valence-electron chi connectivity index (χ4n) is 15.8. The number of nitrogens with zero attached hydrogens (tertiary/aromatic N) is 8. The molecular formula is C90H52N8O2. The minimum Gasteiger partial charge on any atom is -0.456 e. The fraction of sp³-hybridized carbons (Fsp3) is 0. The number of hydrogen-bond acceptors (Lipinski definition) is 8. The lowest BCUT2D eigenvalue weighted by atomic mass is 9.95. The third-order valence-electron chi connectivity index (χ3n) is 20.0. The van der Waals surface area contributed by atoms with E-state index in [1.807, 2.05) is 121 Å². The van der Waals surface area contributed by atoms with E-state index < -0.39 is 0 Å². The molecule has 0 bridgehead atoms. The number of benzene rings is 14.